The van der Waals surface area contributed by atoms with Crippen LogP contribution in [0.1, 0.15) is 22.8 Å². The van der Waals surface area contributed by atoms with Crippen LogP contribution in [-0.4, -0.2) is 19.6 Å². The topological polar surface area (TPSA) is 29.5 Å². The summed E-state index contributed by atoms with van der Waals surface area (Å²) < 4.78 is 5.24. The number of para-hydroxylation sites is 1. The van der Waals surface area contributed by atoms with Crippen molar-refractivity contribution in [3.05, 3.63) is 90.0 Å². The summed E-state index contributed by atoms with van der Waals surface area (Å²) in [5.41, 5.74) is 4.90. The highest BCUT2D eigenvalue weighted by molar-refractivity contribution is 5.92. The van der Waals surface area contributed by atoms with Gasteiger partial charge < -0.3 is 9.64 Å². The van der Waals surface area contributed by atoms with E-state index in [9.17, 15) is 4.79 Å². The van der Waals surface area contributed by atoms with Gasteiger partial charge in [0.1, 0.15) is 0 Å². The Hall–Kier alpha value is -3.07. The summed E-state index contributed by atoms with van der Waals surface area (Å²) in [4.78, 5) is 14.5. The Balaban J connectivity index is 1.97. The van der Waals surface area contributed by atoms with Crippen molar-refractivity contribution in [2.45, 2.75) is 13.5 Å². The van der Waals surface area contributed by atoms with Gasteiger partial charge in [-0.2, -0.15) is 0 Å². The second-order valence-corrected chi connectivity index (χ2v) is 6.15. The van der Waals surface area contributed by atoms with Crippen molar-refractivity contribution in [3.8, 4) is 11.1 Å². The van der Waals surface area contributed by atoms with Gasteiger partial charge in [0.15, 0.2) is 0 Å². The molecule has 0 aliphatic carbocycles. The maximum absolute atomic E-state index is 12.4. The molecule has 0 saturated carbocycles. The third-order valence-corrected chi connectivity index (χ3v) is 4.31. The first kappa shape index (κ1) is 17.7. The highest BCUT2D eigenvalue weighted by Crippen LogP contribution is 2.25. The number of benzene rings is 3. The SMILES string of the molecule is CCOC(=O)c1ccc(-c2ccccc2)cc1CN(C)c1ccccc1. The Morgan fingerprint density at radius 1 is 0.885 bits per heavy atom. The van der Waals surface area contributed by atoms with Gasteiger partial charge in [0.2, 0.25) is 0 Å². The zero-order chi connectivity index (χ0) is 18.4. The molecular formula is C23H23NO2. The van der Waals surface area contributed by atoms with Crippen LogP contribution in [0.15, 0.2) is 78.9 Å². The summed E-state index contributed by atoms with van der Waals surface area (Å²) in [6.45, 7) is 2.82. The molecule has 0 fully saturated rings. The van der Waals surface area contributed by atoms with Crippen LogP contribution in [0.25, 0.3) is 11.1 Å². The fourth-order valence-corrected chi connectivity index (χ4v) is 2.97. The normalized spacial score (nSPS) is 10.4. The van der Waals surface area contributed by atoms with E-state index in [1.54, 1.807) is 0 Å². The summed E-state index contributed by atoms with van der Waals surface area (Å²) in [5, 5.41) is 0. The lowest BCUT2D eigenvalue weighted by Gasteiger charge is -2.21. The van der Waals surface area contributed by atoms with Gasteiger partial charge in [-0.25, -0.2) is 4.79 Å². The number of hydrogen-bond donors (Lipinski definition) is 0. The summed E-state index contributed by atoms with van der Waals surface area (Å²) in [6.07, 6.45) is 0. The molecule has 3 aromatic carbocycles. The molecule has 0 spiro atoms. The standard InChI is InChI=1S/C23H23NO2/c1-3-26-23(25)22-15-14-19(18-10-6-4-7-11-18)16-20(22)17-24(2)21-12-8-5-9-13-21/h4-16H,3,17H2,1-2H3. The van der Waals surface area contributed by atoms with Crippen LogP contribution < -0.4 is 4.90 Å². The van der Waals surface area contributed by atoms with Gasteiger partial charge in [-0.15, -0.1) is 0 Å². The fraction of sp³-hybridized carbons (Fsp3) is 0.174. The first-order valence-electron chi connectivity index (χ1n) is 8.80. The minimum atomic E-state index is -0.274. The summed E-state index contributed by atoms with van der Waals surface area (Å²) in [7, 11) is 2.03. The van der Waals surface area contributed by atoms with Crippen LogP contribution in [0, 0.1) is 0 Å². The van der Waals surface area contributed by atoms with Gasteiger partial charge in [0, 0.05) is 19.3 Å². The Morgan fingerprint density at radius 3 is 2.19 bits per heavy atom. The van der Waals surface area contributed by atoms with Gasteiger partial charge in [0.25, 0.3) is 0 Å². The number of nitrogens with zero attached hydrogens (tertiary/aromatic N) is 1. The second-order valence-electron chi connectivity index (χ2n) is 6.15. The predicted molar refractivity (Wildman–Crippen MR) is 106 cm³/mol. The molecule has 0 unspecified atom stereocenters. The maximum atomic E-state index is 12.4. The van der Waals surface area contributed by atoms with Crippen LogP contribution in [0.3, 0.4) is 0 Å². The number of carbonyl (C=O) groups excluding carboxylic acids is 1. The zero-order valence-electron chi connectivity index (χ0n) is 15.2. The number of hydrogen-bond acceptors (Lipinski definition) is 3. The van der Waals surface area contributed by atoms with Crippen molar-refractivity contribution in [2.75, 3.05) is 18.6 Å². The molecule has 0 heterocycles. The molecule has 0 amide bonds. The summed E-state index contributed by atoms with van der Waals surface area (Å²) >= 11 is 0. The minimum Gasteiger partial charge on any atom is -0.462 e. The lowest BCUT2D eigenvalue weighted by Crippen LogP contribution is -2.19. The average Bonchev–Trinajstić information content (AvgIpc) is 2.69. The molecule has 3 heteroatoms. The number of anilines is 1. The quantitative estimate of drug-likeness (QED) is 0.578. The Morgan fingerprint density at radius 2 is 1.54 bits per heavy atom. The average molecular weight is 345 g/mol. The van der Waals surface area contributed by atoms with Crippen molar-refractivity contribution in [3.63, 3.8) is 0 Å². The van der Waals surface area contributed by atoms with E-state index in [4.69, 9.17) is 4.74 Å². The van der Waals surface area contributed by atoms with Crippen molar-refractivity contribution in [2.24, 2.45) is 0 Å². The zero-order valence-corrected chi connectivity index (χ0v) is 15.2. The van der Waals surface area contributed by atoms with Gasteiger partial charge in [0.05, 0.1) is 12.2 Å². The van der Waals surface area contributed by atoms with Crippen LogP contribution in [0.5, 0.6) is 0 Å². The number of carbonyl (C=O) groups is 1. The van der Waals surface area contributed by atoms with Gasteiger partial charge in [-0.1, -0.05) is 54.6 Å². The first-order valence-corrected chi connectivity index (χ1v) is 8.80. The second kappa shape index (κ2) is 8.34. The van der Waals surface area contributed by atoms with E-state index < -0.39 is 0 Å². The van der Waals surface area contributed by atoms with E-state index in [0.717, 1.165) is 22.4 Å². The van der Waals surface area contributed by atoms with Gasteiger partial charge in [-0.05, 0) is 47.9 Å². The molecule has 0 aliphatic heterocycles. The third kappa shape index (κ3) is 4.12. The van der Waals surface area contributed by atoms with Crippen molar-refractivity contribution in [1.82, 2.24) is 0 Å². The predicted octanol–water partition coefficient (Wildman–Crippen LogP) is 5.17. The van der Waals surface area contributed by atoms with Gasteiger partial charge >= 0.3 is 5.97 Å². The van der Waals surface area contributed by atoms with E-state index in [0.29, 0.717) is 18.7 Å². The largest absolute Gasteiger partial charge is 0.462 e. The molecule has 3 nitrogen and oxygen atoms in total. The van der Waals surface area contributed by atoms with Crippen LogP contribution in [-0.2, 0) is 11.3 Å². The Labute approximate surface area is 154 Å². The number of esters is 1. The Bertz CT molecular complexity index is 860. The van der Waals surface area contributed by atoms with E-state index in [2.05, 4.69) is 35.2 Å². The van der Waals surface area contributed by atoms with Crippen molar-refractivity contribution >= 4 is 11.7 Å². The van der Waals surface area contributed by atoms with Gasteiger partial charge in [-0.3, -0.25) is 0 Å². The van der Waals surface area contributed by atoms with Crippen LogP contribution in [0.2, 0.25) is 0 Å². The molecule has 0 aliphatic rings. The summed E-state index contributed by atoms with van der Waals surface area (Å²) in [5.74, 6) is -0.274. The molecule has 0 bridgehead atoms. The van der Waals surface area contributed by atoms with Crippen LogP contribution in [0.4, 0.5) is 5.69 Å². The molecule has 0 radical (unpaired) electrons. The summed E-state index contributed by atoms with van der Waals surface area (Å²) in [6, 6.07) is 26.3. The molecular weight excluding hydrogens is 322 g/mol. The number of ether oxygens (including phenoxy) is 1. The molecule has 0 N–H and O–H groups in total. The molecule has 0 aromatic heterocycles. The van der Waals surface area contributed by atoms with Crippen LogP contribution >= 0.6 is 0 Å². The molecule has 0 atom stereocenters. The van der Waals surface area contributed by atoms with E-state index in [-0.39, 0.29) is 5.97 Å². The van der Waals surface area contributed by atoms with Crippen molar-refractivity contribution < 1.29 is 9.53 Å². The molecule has 3 aromatic rings. The maximum Gasteiger partial charge on any atom is 0.338 e. The highest BCUT2D eigenvalue weighted by Gasteiger charge is 2.15. The van der Waals surface area contributed by atoms with E-state index in [1.165, 1.54) is 0 Å². The Kier molecular flexibility index (Phi) is 5.69. The molecule has 3 rings (SSSR count). The van der Waals surface area contributed by atoms with E-state index >= 15 is 0 Å². The fourth-order valence-electron chi connectivity index (χ4n) is 2.97. The first-order chi connectivity index (χ1) is 12.7. The molecule has 0 saturated heterocycles. The molecule has 26 heavy (non-hydrogen) atoms. The minimum absolute atomic E-state index is 0.274. The van der Waals surface area contributed by atoms with Crippen molar-refractivity contribution in [1.29, 1.82) is 0 Å². The smallest absolute Gasteiger partial charge is 0.338 e. The number of rotatable bonds is 6. The van der Waals surface area contributed by atoms with E-state index in [1.807, 2.05) is 62.5 Å². The molecule has 132 valence electrons. The third-order valence-electron chi connectivity index (χ3n) is 4.31. The monoisotopic (exact) mass is 345 g/mol. The lowest BCUT2D eigenvalue weighted by atomic mass is 9.98. The highest BCUT2D eigenvalue weighted by atomic mass is 16.5. The lowest BCUT2D eigenvalue weighted by molar-refractivity contribution is 0.0525.